The lowest BCUT2D eigenvalue weighted by Crippen LogP contribution is -2.55. The van der Waals surface area contributed by atoms with Crippen LogP contribution < -0.4 is 11.1 Å². The lowest BCUT2D eigenvalue weighted by Gasteiger charge is -2.41. The summed E-state index contributed by atoms with van der Waals surface area (Å²) in [6, 6.07) is 0.350. The number of piperidine rings is 1. The van der Waals surface area contributed by atoms with Crippen LogP contribution in [0.4, 0.5) is 4.79 Å². The summed E-state index contributed by atoms with van der Waals surface area (Å²) >= 11 is 0. The third-order valence-electron chi connectivity index (χ3n) is 3.80. The highest BCUT2D eigenvalue weighted by Crippen LogP contribution is 2.34. The van der Waals surface area contributed by atoms with Gasteiger partial charge in [0.25, 0.3) is 0 Å². The fourth-order valence-corrected chi connectivity index (χ4v) is 2.70. The lowest BCUT2D eigenvalue weighted by molar-refractivity contribution is -0.0439. The average Bonchev–Trinajstić information content (AvgIpc) is 2.60. The second kappa shape index (κ2) is 4.82. The first kappa shape index (κ1) is 12.6. The van der Waals surface area contributed by atoms with E-state index in [1.807, 2.05) is 18.7 Å². The van der Waals surface area contributed by atoms with E-state index in [0.717, 1.165) is 39.0 Å². The van der Waals surface area contributed by atoms with E-state index in [1.54, 1.807) is 0 Å². The molecule has 98 valence electrons. The fraction of sp³-hybridized carbons (Fsp3) is 0.917. The topological polar surface area (TPSA) is 67.6 Å². The molecule has 1 spiro atoms. The standard InChI is InChI=1S/C12H23N3O2/c1-9(2)14-11(16)15-6-4-12(5-7-15)10(13)3-8-17-12/h9-10H,3-8,13H2,1-2H3,(H,14,16). The van der Waals surface area contributed by atoms with Gasteiger partial charge in [-0.05, 0) is 33.1 Å². The number of carbonyl (C=O) groups excluding carboxylic acids is 1. The Morgan fingerprint density at radius 1 is 1.47 bits per heavy atom. The van der Waals surface area contributed by atoms with Crippen LogP contribution in [0.1, 0.15) is 33.1 Å². The van der Waals surface area contributed by atoms with Gasteiger partial charge in [0.05, 0.1) is 5.60 Å². The number of hydrogen-bond acceptors (Lipinski definition) is 3. The van der Waals surface area contributed by atoms with Crippen molar-refractivity contribution in [2.45, 2.75) is 50.8 Å². The molecular weight excluding hydrogens is 218 g/mol. The molecule has 2 heterocycles. The van der Waals surface area contributed by atoms with Gasteiger partial charge in [-0.2, -0.15) is 0 Å². The summed E-state index contributed by atoms with van der Waals surface area (Å²) in [7, 11) is 0. The number of likely N-dealkylation sites (tertiary alicyclic amines) is 1. The predicted molar refractivity (Wildman–Crippen MR) is 65.8 cm³/mol. The van der Waals surface area contributed by atoms with Gasteiger partial charge in [0.15, 0.2) is 0 Å². The smallest absolute Gasteiger partial charge is 0.317 e. The third-order valence-corrected chi connectivity index (χ3v) is 3.80. The maximum atomic E-state index is 11.8. The van der Waals surface area contributed by atoms with E-state index in [9.17, 15) is 4.79 Å². The molecule has 0 bridgehead atoms. The number of carbonyl (C=O) groups is 1. The molecule has 2 amide bonds. The van der Waals surface area contributed by atoms with E-state index in [4.69, 9.17) is 10.5 Å². The van der Waals surface area contributed by atoms with E-state index in [0.29, 0.717) is 0 Å². The van der Waals surface area contributed by atoms with E-state index >= 15 is 0 Å². The Kier molecular flexibility index (Phi) is 3.58. The van der Waals surface area contributed by atoms with Crippen LogP contribution in [0.3, 0.4) is 0 Å². The molecule has 0 aromatic rings. The molecular formula is C12H23N3O2. The van der Waals surface area contributed by atoms with E-state index in [1.165, 1.54) is 0 Å². The van der Waals surface area contributed by atoms with E-state index < -0.39 is 0 Å². The number of ether oxygens (including phenoxy) is 1. The number of nitrogens with two attached hydrogens (primary N) is 1. The van der Waals surface area contributed by atoms with Crippen molar-refractivity contribution in [2.75, 3.05) is 19.7 Å². The van der Waals surface area contributed by atoms with Crippen molar-refractivity contribution in [3.8, 4) is 0 Å². The highest BCUT2D eigenvalue weighted by Gasteiger charge is 2.45. The first-order valence-electron chi connectivity index (χ1n) is 6.48. The zero-order chi connectivity index (χ0) is 12.5. The Morgan fingerprint density at radius 2 is 2.12 bits per heavy atom. The maximum absolute atomic E-state index is 11.8. The Bertz CT molecular complexity index is 285. The molecule has 3 N–H and O–H groups in total. The summed E-state index contributed by atoms with van der Waals surface area (Å²) < 4.78 is 5.82. The van der Waals surface area contributed by atoms with Gasteiger partial charge in [0.1, 0.15) is 0 Å². The van der Waals surface area contributed by atoms with Crippen LogP contribution in [-0.4, -0.2) is 48.3 Å². The highest BCUT2D eigenvalue weighted by molar-refractivity contribution is 5.74. The van der Waals surface area contributed by atoms with Crippen molar-refractivity contribution in [3.05, 3.63) is 0 Å². The van der Waals surface area contributed by atoms with Crippen molar-refractivity contribution < 1.29 is 9.53 Å². The average molecular weight is 241 g/mol. The van der Waals surface area contributed by atoms with Gasteiger partial charge in [-0.25, -0.2) is 4.79 Å². The Labute approximate surface area is 103 Å². The maximum Gasteiger partial charge on any atom is 0.317 e. The summed E-state index contributed by atoms with van der Waals surface area (Å²) in [5.74, 6) is 0. The largest absolute Gasteiger partial charge is 0.373 e. The van der Waals surface area contributed by atoms with E-state index in [2.05, 4.69) is 5.32 Å². The first-order chi connectivity index (χ1) is 8.03. The van der Waals surface area contributed by atoms with Crippen LogP contribution in [0, 0.1) is 0 Å². The molecule has 2 fully saturated rings. The van der Waals surface area contributed by atoms with Crippen LogP contribution in [0.5, 0.6) is 0 Å². The van der Waals surface area contributed by atoms with Crippen molar-refractivity contribution in [1.29, 1.82) is 0 Å². The minimum atomic E-state index is -0.158. The van der Waals surface area contributed by atoms with Crippen molar-refractivity contribution >= 4 is 6.03 Å². The van der Waals surface area contributed by atoms with Gasteiger partial charge in [-0.1, -0.05) is 0 Å². The summed E-state index contributed by atoms with van der Waals surface area (Å²) in [5.41, 5.74) is 5.94. The molecule has 2 aliphatic heterocycles. The normalized spacial score (nSPS) is 27.8. The molecule has 2 saturated heterocycles. The van der Waals surface area contributed by atoms with Gasteiger partial charge < -0.3 is 20.7 Å². The molecule has 2 aliphatic rings. The van der Waals surface area contributed by atoms with Gasteiger partial charge in [0.2, 0.25) is 0 Å². The summed E-state index contributed by atoms with van der Waals surface area (Å²) in [6.45, 7) is 6.19. The molecule has 5 nitrogen and oxygen atoms in total. The number of nitrogens with zero attached hydrogens (tertiary/aromatic N) is 1. The predicted octanol–water partition coefficient (Wildman–Crippen LogP) is 0.687. The minimum Gasteiger partial charge on any atom is -0.373 e. The molecule has 0 aromatic heterocycles. The van der Waals surface area contributed by atoms with Crippen LogP contribution in [0.25, 0.3) is 0 Å². The lowest BCUT2D eigenvalue weighted by atomic mass is 9.85. The van der Waals surface area contributed by atoms with Gasteiger partial charge in [-0.15, -0.1) is 0 Å². The molecule has 0 radical (unpaired) electrons. The zero-order valence-corrected chi connectivity index (χ0v) is 10.7. The zero-order valence-electron chi connectivity index (χ0n) is 10.7. The van der Waals surface area contributed by atoms with Gasteiger partial charge in [-0.3, -0.25) is 0 Å². The van der Waals surface area contributed by atoms with Crippen molar-refractivity contribution in [3.63, 3.8) is 0 Å². The summed E-state index contributed by atoms with van der Waals surface area (Å²) in [5, 5.41) is 2.92. The molecule has 17 heavy (non-hydrogen) atoms. The molecule has 0 aromatic carbocycles. The minimum absolute atomic E-state index is 0.0291. The third kappa shape index (κ3) is 2.55. The second-order valence-electron chi connectivity index (χ2n) is 5.40. The fourth-order valence-electron chi connectivity index (χ4n) is 2.70. The van der Waals surface area contributed by atoms with Gasteiger partial charge >= 0.3 is 6.03 Å². The number of amides is 2. The molecule has 2 rings (SSSR count). The first-order valence-corrected chi connectivity index (χ1v) is 6.48. The molecule has 1 unspecified atom stereocenters. The summed E-state index contributed by atoms with van der Waals surface area (Å²) in [6.07, 6.45) is 2.66. The Hall–Kier alpha value is -0.810. The molecule has 5 heteroatoms. The SMILES string of the molecule is CC(C)NC(=O)N1CCC2(CC1)OCCC2N. The van der Waals surface area contributed by atoms with E-state index in [-0.39, 0.29) is 23.7 Å². The highest BCUT2D eigenvalue weighted by atomic mass is 16.5. The quantitative estimate of drug-likeness (QED) is 0.709. The molecule has 1 atom stereocenters. The Balaban J connectivity index is 1.87. The van der Waals surface area contributed by atoms with Crippen LogP contribution in [-0.2, 0) is 4.74 Å². The number of nitrogens with one attached hydrogen (secondary N) is 1. The summed E-state index contributed by atoms with van der Waals surface area (Å²) in [4.78, 5) is 13.7. The number of hydrogen-bond donors (Lipinski definition) is 2. The van der Waals surface area contributed by atoms with Crippen LogP contribution in [0.15, 0.2) is 0 Å². The van der Waals surface area contributed by atoms with Crippen LogP contribution in [0.2, 0.25) is 0 Å². The monoisotopic (exact) mass is 241 g/mol. The van der Waals surface area contributed by atoms with Gasteiger partial charge in [0, 0.05) is 31.8 Å². The molecule has 0 aliphatic carbocycles. The number of rotatable bonds is 1. The van der Waals surface area contributed by atoms with Crippen molar-refractivity contribution in [1.82, 2.24) is 10.2 Å². The Morgan fingerprint density at radius 3 is 2.59 bits per heavy atom. The number of urea groups is 1. The molecule has 0 saturated carbocycles. The van der Waals surface area contributed by atoms with Crippen LogP contribution >= 0.6 is 0 Å². The van der Waals surface area contributed by atoms with Crippen molar-refractivity contribution in [2.24, 2.45) is 5.73 Å². The second-order valence-corrected chi connectivity index (χ2v) is 5.40.